The average molecular weight is 585 g/mol. The largest absolute Gasteiger partial charge is 0.508 e. The molecule has 3 aromatic rings. The van der Waals surface area contributed by atoms with E-state index in [-0.39, 0.29) is 30.2 Å². The lowest BCUT2D eigenvalue weighted by atomic mass is 9.86. The predicted molar refractivity (Wildman–Crippen MR) is 174 cm³/mol. The summed E-state index contributed by atoms with van der Waals surface area (Å²) in [6.45, 7) is 10.1. The minimum Gasteiger partial charge on any atom is -0.508 e. The fourth-order valence-electron chi connectivity index (χ4n) is 4.59. The van der Waals surface area contributed by atoms with Crippen LogP contribution < -0.4 is 9.47 Å². The summed E-state index contributed by atoms with van der Waals surface area (Å²) in [6.07, 6.45) is 14.9. The number of carbonyl (C=O) groups excluding carboxylic acids is 1. The molecule has 1 aliphatic rings. The summed E-state index contributed by atoms with van der Waals surface area (Å²) in [6, 6.07) is 22.4. The second-order valence-electron chi connectivity index (χ2n) is 10.6. The molecular formula is C37H44O6. The van der Waals surface area contributed by atoms with E-state index in [0.717, 1.165) is 48.1 Å². The van der Waals surface area contributed by atoms with E-state index in [1.54, 1.807) is 18.2 Å². The molecule has 0 aliphatic heterocycles. The Labute approximate surface area is 256 Å². The summed E-state index contributed by atoms with van der Waals surface area (Å²) >= 11 is 0. The van der Waals surface area contributed by atoms with Gasteiger partial charge in [-0.1, -0.05) is 79.8 Å². The van der Waals surface area contributed by atoms with Crippen LogP contribution in [0.25, 0.3) is 18.2 Å². The van der Waals surface area contributed by atoms with E-state index in [1.165, 1.54) is 6.42 Å². The summed E-state index contributed by atoms with van der Waals surface area (Å²) in [5.74, 6) is 1.45. The van der Waals surface area contributed by atoms with Crippen LogP contribution in [-0.4, -0.2) is 36.2 Å². The highest BCUT2D eigenvalue weighted by atomic mass is 16.7. The van der Waals surface area contributed by atoms with E-state index >= 15 is 0 Å². The summed E-state index contributed by atoms with van der Waals surface area (Å²) in [5, 5.41) is 9.23. The molecule has 0 amide bonds. The van der Waals surface area contributed by atoms with E-state index < -0.39 is 0 Å². The minimum absolute atomic E-state index is 0.0387. The number of carbonyl (C=O) groups is 1. The molecule has 0 saturated heterocycles. The quantitative estimate of drug-likeness (QED) is 0.130. The molecule has 1 aliphatic carbocycles. The topological polar surface area (TPSA) is 74.2 Å². The maximum atomic E-state index is 11.8. The van der Waals surface area contributed by atoms with Crippen molar-refractivity contribution in [2.75, 3.05) is 13.2 Å². The first-order valence-electron chi connectivity index (χ1n) is 14.9. The maximum Gasteiger partial charge on any atom is 0.344 e. The van der Waals surface area contributed by atoms with Gasteiger partial charge >= 0.3 is 5.97 Å². The summed E-state index contributed by atoms with van der Waals surface area (Å²) < 4.78 is 22.0. The van der Waals surface area contributed by atoms with Crippen LogP contribution in [0.5, 0.6) is 17.2 Å². The van der Waals surface area contributed by atoms with Gasteiger partial charge in [-0.25, -0.2) is 4.79 Å². The highest BCUT2D eigenvalue weighted by Crippen LogP contribution is 2.31. The standard InChI is InChI=1S/C20H22O3.C17H22O3/c1-3-22-16(2)23-20-14-10-18(11-15-20)7-5-4-6-17-8-12-19(21)13-9-17;1-3-14-7-9-15(10-8-14)19-13-16(18)20-17(2)11-5-4-6-12-17/h4-16,21H,3H2,1-2H3;3,7-10H,1,4-6,11-13H2,2H3. The Morgan fingerprint density at radius 2 is 1.40 bits per heavy atom. The first-order valence-corrected chi connectivity index (χ1v) is 14.9. The number of esters is 1. The van der Waals surface area contributed by atoms with E-state index in [9.17, 15) is 9.90 Å². The SMILES string of the molecule is C=Cc1ccc(OCC(=O)OC2(C)CCCCC2)cc1.CCOC(C)Oc1ccc(C=CC=Cc2ccc(O)cc2)cc1. The lowest BCUT2D eigenvalue weighted by Gasteiger charge is -2.33. The van der Waals surface area contributed by atoms with Crippen LogP contribution in [0.1, 0.15) is 69.6 Å². The van der Waals surface area contributed by atoms with Crippen molar-refractivity contribution in [2.45, 2.75) is 64.8 Å². The van der Waals surface area contributed by atoms with Crippen LogP contribution >= 0.6 is 0 Å². The van der Waals surface area contributed by atoms with E-state index in [1.807, 2.05) is 106 Å². The Bertz CT molecular complexity index is 1300. The molecule has 1 unspecified atom stereocenters. The molecule has 0 heterocycles. The van der Waals surface area contributed by atoms with Gasteiger partial charge < -0.3 is 24.1 Å². The molecule has 0 aromatic heterocycles. The summed E-state index contributed by atoms with van der Waals surface area (Å²) in [4.78, 5) is 11.8. The molecule has 1 N–H and O–H groups in total. The third-order valence-corrected chi connectivity index (χ3v) is 6.91. The molecule has 0 spiro atoms. The van der Waals surface area contributed by atoms with Crippen molar-refractivity contribution in [3.8, 4) is 17.2 Å². The number of aromatic hydroxyl groups is 1. The maximum absolute atomic E-state index is 11.8. The predicted octanol–water partition coefficient (Wildman–Crippen LogP) is 8.85. The van der Waals surface area contributed by atoms with Gasteiger partial charge in [0.15, 0.2) is 12.9 Å². The monoisotopic (exact) mass is 584 g/mol. The van der Waals surface area contributed by atoms with Crippen molar-refractivity contribution >= 4 is 24.2 Å². The van der Waals surface area contributed by atoms with Crippen LogP contribution in [0.3, 0.4) is 0 Å². The molecule has 4 rings (SSSR count). The van der Waals surface area contributed by atoms with Gasteiger partial charge in [-0.05, 0) is 99.5 Å². The molecule has 0 bridgehead atoms. The van der Waals surface area contributed by atoms with Gasteiger partial charge in [0, 0.05) is 6.61 Å². The highest BCUT2D eigenvalue weighted by Gasteiger charge is 2.30. The number of hydrogen-bond acceptors (Lipinski definition) is 6. The lowest BCUT2D eigenvalue weighted by molar-refractivity contribution is -0.163. The van der Waals surface area contributed by atoms with Gasteiger partial charge in [-0.15, -0.1) is 0 Å². The number of benzene rings is 3. The van der Waals surface area contributed by atoms with Crippen LogP contribution in [0, 0.1) is 0 Å². The van der Waals surface area contributed by atoms with Crippen molar-refractivity contribution < 1.29 is 28.8 Å². The molecular weight excluding hydrogens is 540 g/mol. The number of rotatable bonds is 12. The van der Waals surface area contributed by atoms with Crippen LogP contribution in [-0.2, 0) is 14.3 Å². The van der Waals surface area contributed by atoms with Crippen molar-refractivity contribution in [3.05, 3.63) is 108 Å². The normalized spacial score (nSPS) is 14.9. The molecule has 43 heavy (non-hydrogen) atoms. The van der Waals surface area contributed by atoms with Gasteiger partial charge in [0.2, 0.25) is 0 Å². The Hall–Kier alpha value is -4.29. The molecule has 6 heteroatoms. The fourth-order valence-corrected chi connectivity index (χ4v) is 4.59. The number of allylic oxidation sites excluding steroid dienone is 2. The second kappa shape index (κ2) is 17.6. The van der Waals surface area contributed by atoms with Crippen LogP contribution in [0.4, 0.5) is 0 Å². The van der Waals surface area contributed by atoms with Crippen LogP contribution in [0.15, 0.2) is 91.5 Å². The van der Waals surface area contributed by atoms with Crippen LogP contribution in [0.2, 0.25) is 0 Å². The summed E-state index contributed by atoms with van der Waals surface area (Å²) in [7, 11) is 0. The Morgan fingerprint density at radius 3 is 1.95 bits per heavy atom. The number of ether oxygens (including phenoxy) is 4. The summed E-state index contributed by atoms with van der Waals surface area (Å²) in [5.41, 5.74) is 2.86. The zero-order valence-corrected chi connectivity index (χ0v) is 25.5. The minimum atomic E-state index is -0.300. The number of phenols is 1. The van der Waals surface area contributed by atoms with Gasteiger partial charge in [-0.3, -0.25) is 0 Å². The lowest BCUT2D eigenvalue weighted by Crippen LogP contribution is -2.35. The van der Waals surface area contributed by atoms with E-state index in [4.69, 9.17) is 18.9 Å². The van der Waals surface area contributed by atoms with Crippen molar-refractivity contribution in [1.29, 1.82) is 0 Å². The Kier molecular flexibility index (Phi) is 13.6. The molecule has 6 nitrogen and oxygen atoms in total. The van der Waals surface area contributed by atoms with E-state index in [0.29, 0.717) is 12.4 Å². The zero-order chi connectivity index (χ0) is 30.9. The fraction of sp³-hybridized carbons (Fsp3) is 0.324. The smallest absolute Gasteiger partial charge is 0.344 e. The number of phenolic OH excluding ortho intramolecular Hbond substituents is 1. The van der Waals surface area contributed by atoms with E-state index in [2.05, 4.69) is 6.58 Å². The van der Waals surface area contributed by atoms with Crippen molar-refractivity contribution in [2.24, 2.45) is 0 Å². The third-order valence-electron chi connectivity index (χ3n) is 6.91. The first kappa shape index (κ1) is 33.2. The van der Waals surface area contributed by atoms with Crippen molar-refractivity contribution in [3.63, 3.8) is 0 Å². The molecule has 1 fully saturated rings. The van der Waals surface area contributed by atoms with Gasteiger partial charge in [0.25, 0.3) is 0 Å². The average Bonchev–Trinajstić information content (AvgIpc) is 3.01. The third kappa shape index (κ3) is 12.6. The van der Waals surface area contributed by atoms with Crippen molar-refractivity contribution in [1.82, 2.24) is 0 Å². The van der Waals surface area contributed by atoms with Gasteiger partial charge in [0.05, 0.1) is 0 Å². The van der Waals surface area contributed by atoms with Gasteiger partial charge in [-0.2, -0.15) is 0 Å². The molecule has 0 radical (unpaired) electrons. The van der Waals surface area contributed by atoms with Gasteiger partial charge in [0.1, 0.15) is 22.8 Å². The molecule has 1 saturated carbocycles. The second-order valence-corrected chi connectivity index (χ2v) is 10.6. The molecule has 228 valence electrons. The Balaban J connectivity index is 0.000000238. The molecule has 1 atom stereocenters. The molecule has 3 aromatic carbocycles. The first-order chi connectivity index (χ1) is 20.8. The Morgan fingerprint density at radius 1 is 0.860 bits per heavy atom. The number of hydrogen-bond donors (Lipinski definition) is 1. The highest BCUT2D eigenvalue weighted by molar-refractivity contribution is 5.71. The zero-order valence-electron chi connectivity index (χ0n) is 25.5.